The van der Waals surface area contributed by atoms with Crippen molar-refractivity contribution in [3.63, 3.8) is 0 Å². The molecule has 2 nitrogen and oxygen atoms in total. The molecule has 0 saturated carbocycles. The standard InChI is InChI=1S/C13H17NO/c1-14-9-7-12(8-10-14)13(15)11-5-3-2-4-6-11/h2-6,12,14H,1,7-10H2. The maximum absolute atomic E-state index is 12.1. The summed E-state index contributed by atoms with van der Waals surface area (Å²) in [5.41, 5.74) is 0.856. The normalized spacial score (nSPS) is 26.2. The SMILES string of the molecule is [CH2-][NH+]1CCC(C(=O)c2ccccc2)CC1. The number of carbonyl (C=O) groups is 1. The second-order valence-corrected chi connectivity index (χ2v) is 4.25. The molecule has 2 heteroatoms. The van der Waals surface area contributed by atoms with Crippen LogP contribution in [0.4, 0.5) is 0 Å². The zero-order valence-corrected chi connectivity index (χ0v) is 8.91. The van der Waals surface area contributed by atoms with Gasteiger partial charge in [0, 0.05) is 24.3 Å². The van der Waals surface area contributed by atoms with E-state index in [0.29, 0.717) is 5.78 Å². The average Bonchev–Trinajstić information content (AvgIpc) is 2.30. The molecule has 0 spiro atoms. The molecule has 0 unspecified atom stereocenters. The fourth-order valence-electron chi connectivity index (χ4n) is 2.13. The highest BCUT2D eigenvalue weighted by molar-refractivity contribution is 5.97. The smallest absolute Gasteiger partial charge is 0.166 e. The minimum absolute atomic E-state index is 0.220. The molecule has 1 aromatic carbocycles. The fraction of sp³-hybridized carbons (Fsp3) is 0.385. The Balaban J connectivity index is 2.03. The predicted molar refractivity (Wildman–Crippen MR) is 59.6 cm³/mol. The molecule has 0 amide bonds. The molecule has 1 aromatic rings. The number of piperidine rings is 1. The zero-order chi connectivity index (χ0) is 10.7. The van der Waals surface area contributed by atoms with Crippen molar-refractivity contribution in [3.8, 4) is 0 Å². The average molecular weight is 203 g/mol. The summed E-state index contributed by atoms with van der Waals surface area (Å²) in [5, 5.41) is 0. The summed E-state index contributed by atoms with van der Waals surface area (Å²) in [6.45, 7) is 2.03. The van der Waals surface area contributed by atoms with Gasteiger partial charge in [0.1, 0.15) is 0 Å². The topological polar surface area (TPSA) is 21.5 Å². The van der Waals surface area contributed by atoms with Crippen LogP contribution < -0.4 is 4.90 Å². The van der Waals surface area contributed by atoms with Gasteiger partial charge < -0.3 is 4.90 Å². The van der Waals surface area contributed by atoms with Crippen molar-refractivity contribution in [3.05, 3.63) is 42.9 Å². The van der Waals surface area contributed by atoms with Crippen LogP contribution in [-0.2, 0) is 0 Å². The summed E-state index contributed by atoms with van der Waals surface area (Å²) >= 11 is 0. The van der Waals surface area contributed by atoms with Crippen molar-refractivity contribution in [2.75, 3.05) is 13.1 Å². The maximum Gasteiger partial charge on any atom is 0.166 e. The Morgan fingerprint density at radius 2 is 1.80 bits per heavy atom. The van der Waals surface area contributed by atoms with Crippen LogP contribution in [0.3, 0.4) is 0 Å². The van der Waals surface area contributed by atoms with Crippen molar-refractivity contribution in [2.45, 2.75) is 12.8 Å². The molecule has 0 bridgehead atoms. The monoisotopic (exact) mass is 203 g/mol. The molecule has 0 aromatic heterocycles. The maximum atomic E-state index is 12.1. The molecule has 1 aliphatic heterocycles. The number of hydrogen-bond donors (Lipinski definition) is 1. The molecule has 1 heterocycles. The second-order valence-electron chi connectivity index (χ2n) is 4.25. The van der Waals surface area contributed by atoms with Gasteiger partial charge in [0.25, 0.3) is 0 Å². The Morgan fingerprint density at radius 3 is 2.40 bits per heavy atom. The Kier molecular flexibility index (Phi) is 3.17. The van der Waals surface area contributed by atoms with Gasteiger partial charge in [0.05, 0.1) is 13.1 Å². The highest BCUT2D eigenvalue weighted by Crippen LogP contribution is 2.16. The van der Waals surface area contributed by atoms with Crippen molar-refractivity contribution < 1.29 is 9.69 Å². The quantitative estimate of drug-likeness (QED) is 0.561. The molecular weight excluding hydrogens is 186 g/mol. The van der Waals surface area contributed by atoms with Crippen LogP contribution in [0.5, 0.6) is 0 Å². The summed E-state index contributed by atoms with van der Waals surface area (Å²) in [5.74, 6) is 0.529. The van der Waals surface area contributed by atoms with Gasteiger partial charge in [0.15, 0.2) is 5.78 Å². The highest BCUT2D eigenvalue weighted by Gasteiger charge is 2.24. The van der Waals surface area contributed by atoms with E-state index < -0.39 is 0 Å². The molecule has 2 rings (SSSR count). The summed E-state index contributed by atoms with van der Waals surface area (Å²) in [6, 6.07) is 9.61. The van der Waals surface area contributed by atoms with Gasteiger partial charge in [-0.15, -0.1) is 0 Å². The van der Waals surface area contributed by atoms with E-state index in [9.17, 15) is 4.79 Å². The minimum Gasteiger partial charge on any atom is -0.468 e. The van der Waals surface area contributed by atoms with Crippen LogP contribution in [-0.4, -0.2) is 18.9 Å². The van der Waals surface area contributed by atoms with E-state index in [1.54, 1.807) is 0 Å². The third-order valence-corrected chi connectivity index (χ3v) is 3.12. The lowest BCUT2D eigenvalue weighted by Crippen LogP contribution is -3.08. The van der Waals surface area contributed by atoms with E-state index >= 15 is 0 Å². The molecule has 1 fully saturated rings. The van der Waals surface area contributed by atoms with Gasteiger partial charge in [-0.3, -0.25) is 4.79 Å². The molecule has 0 aliphatic carbocycles. The third kappa shape index (κ3) is 2.45. The Labute approximate surface area is 90.9 Å². The van der Waals surface area contributed by atoms with Crippen LogP contribution in [0, 0.1) is 13.0 Å². The Hall–Kier alpha value is -1.15. The van der Waals surface area contributed by atoms with E-state index in [-0.39, 0.29) is 5.92 Å². The molecule has 0 radical (unpaired) electrons. The molecule has 1 N–H and O–H groups in total. The summed E-state index contributed by atoms with van der Waals surface area (Å²) in [4.78, 5) is 13.4. The molecule has 15 heavy (non-hydrogen) atoms. The van der Waals surface area contributed by atoms with Crippen LogP contribution in [0.2, 0.25) is 0 Å². The van der Waals surface area contributed by atoms with E-state index in [0.717, 1.165) is 31.5 Å². The van der Waals surface area contributed by atoms with Gasteiger partial charge in [-0.2, -0.15) is 7.05 Å². The lowest BCUT2D eigenvalue weighted by molar-refractivity contribution is -0.859. The van der Waals surface area contributed by atoms with Crippen LogP contribution in [0.15, 0.2) is 30.3 Å². The number of Topliss-reactive ketones (excluding diaryl/α,β-unsaturated/α-hetero) is 1. The van der Waals surface area contributed by atoms with Gasteiger partial charge in [-0.25, -0.2) is 0 Å². The zero-order valence-electron chi connectivity index (χ0n) is 8.91. The molecular formula is C13H17NO. The van der Waals surface area contributed by atoms with Gasteiger partial charge in [-0.05, 0) is 0 Å². The molecule has 80 valence electrons. The fourth-order valence-corrected chi connectivity index (χ4v) is 2.13. The minimum atomic E-state index is 0.220. The van der Waals surface area contributed by atoms with Gasteiger partial charge in [0.2, 0.25) is 0 Å². The summed E-state index contributed by atoms with van der Waals surface area (Å²) < 4.78 is 0. The van der Waals surface area contributed by atoms with Gasteiger partial charge in [-0.1, -0.05) is 30.3 Å². The van der Waals surface area contributed by atoms with Crippen LogP contribution in [0.1, 0.15) is 23.2 Å². The van der Waals surface area contributed by atoms with Gasteiger partial charge >= 0.3 is 0 Å². The first-order valence-electron chi connectivity index (χ1n) is 5.53. The van der Waals surface area contributed by atoms with Crippen molar-refractivity contribution in [1.29, 1.82) is 0 Å². The number of hydrogen-bond acceptors (Lipinski definition) is 1. The molecule has 1 saturated heterocycles. The van der Waals surface area contributed by atoms with Crippen LogP contribution >= 0.6 is 0 Å². The molecule has 0 atom stereocenters. The number of carbonyl (C=O) groups excluding carboxylic acids is 1. The lowest BCUT2D eigenvalue weighted by Gasteiger charge is -2.30. The number of ketones is 1. The van der Waals surface area contributed by atoms with Crippen molar-refractivity contribution in [2.24, 2.45) is 5.92 Å². The lowest BCUT2D eigenvalue weighted by atomic mass is 9.89. The first-order valence-corrected chi connectivity index (χ1v) is 5.53. The Bertz CT molecular complexity index is 326. The van der Waals surface area contributed by atoms with Crippen LogP contribution in [0.25, 0.3) is 0 Å². The van der Waals surface area contributed by atoms with E-state index in [1.165, 1.54) is 4.90 Å². The summed E-state index contributed by atoms with van der Waals surface area (Å²) in [7, 11) is 3.97. The number of quaternary nitrogens is 1. The van der Waals surface area contributed by atoms with E-state index in [4.69, 9.17) is 0 Å². The third-order valence-electron chi connectivity index (χ3n) is 3.12. The molecule has 1 aliphatic rings. The van der Waals surface area contributed by atoms with Crippen molar-refractivity contribution in [1.82, 2.24) is 0 Å². The highest BCUT2D eigenvalue weighted by atomic mass is 16.1. The Morgan fingerprint density at radius 1 is 1.20 bits per heavy atom. The second kappa shape index (κ2) is 4.58. The number of benzene rings is 1. The first-order chi connectivity index (χ1) is 7.27. The van der Waals surface area contributed by atoms with Crippen molar-refractivity contribution >= 4 is 5.78 Å². The number of likely N-dealkylation sites (tertiary alicyclic amines) is 1. The van der Waals surface area contributed by atoms with E-state index in [2.05, 4.69) is 7.05 Å². The number of nitrogens with one attached hydrogen (secondary N) is 1. The predicted octanol–water partition coefficient (Wildman–Crippen LogP) is 0.956. The van der Waals surface area contributed by atoms with E-state index in [1.807, 2.05) is 30.3 Å². The largest absolute Gasteiger partial charge is 0.468 e. The first kappa shape index (κ1) is 10.4. The number of rotatable bonds is 2. The summed E-state index contributed by atoms with van der Waals surface area (Å²) in [6.07, 6.45) is 1.96.